The first-order valence-electron chi connectivity index (χ1n) is 11.0. The summed E-state index contributed by atoms with van der Waals surface area (Å²) in [6, 6.07) is 20.5. The van der Waals surface area contributed by atoms with Gasteiger partial charge in [0, 0.05) is 16.7 Å². The van der Waals surface area contributed by atoms with Crippen molar-refractivity contribution in [2.24, 2.45) is 5.41 Å². The molecule has 0 aliphatic rings. The van der Waals surface area contributed by atoms with E-state index in [2.05, 4.69) is 5.32 Å². The van der Waals surface area contributed by atoms with Crippen molar-refractivity contribution in [1.29, 1.82) is 5.26 Å². The standard InChI is InChI=1S/C28H24ClF3N2O2/c1-27(2,3)25(22(16-33)19-10-7-11-21(14-19)28(30,31)32)34-26(35)20-12-13-24(23(29)15-20)36-17-18-8-5-4-6-9-18/h4-15H,17H2,1-3H3,(H,34,35)/b25-22-. The van der Waals surface area contributed by atoms with E-state index < -0.39 is 23.1 Å². The van der Waals surface area contributed by atoms with E-state index in [-0.39, 0.29) is 27.4 Å². The van der Waals surface area contributed by atoms with Gasteiger partial charge >= 0.3 is 6.18 Å². The van der Waals surface area contributed by atoms with Gasteiger partial charge in [-0.05, 0) is 41.5 Å². The number of rotatable bonds is 6. The minimum absolute atomic E-state index is 0.0558. The molecular weight excluding hydrogens is 489 g/mol. The van der Waals surface area contributed by atoms with Crippen LogP contribution in [0.15, 0.2) is 78.5 Å². The summed E-state index contributed by atoms with van der Waals surface area (Å²) in [5.74, 6) is -0.165. The van der Waals surface area contributed by atoms with Crippen LogP contribution in [0, 0.1) is 16.7 Å². The Hall–Kier alpha value is -3.76. The second-order valence-electron chi connectivity index (χ2n) is 9.06. The fourth-order valence-corrected chi connectivity index (χ4v) is 3.66. The summed E-state index contributed by atoms with van der Waals surface area (Å²) in [7, 11) is 0. The number of amides is 1. The number of carbonyl (C=O) groups is 1. The molecular formula is C28H24ClF3N2O2. The number of nitrogens with one attached hydrogen (secondary N) is 1. The molecule has 3 aromatic rings. The van der Waals surface area contributed by atoms with E-state index in [1.54, 1.807) is 26.8 Å². The zero-order valence-electron chi connectivity index (χ0n) is 19.9. The lowest BCUT2D eigenvalue weighted by atomic mass is 9.86. The van der Waals surface area contributed by atoms with E-state index in [1.165, 1.54) is 24.3 Å². The van der Waals surface area contributed by atoms with Crippen molar-refractivity contribution in [3.8, 4) is 11.8 Å². The van der Waals surface area contributed by atoms with E-state index in [1.807, 2.05) is 36.4 Å². The predicted molar refractivity (Wildman–Crippen MR) is 133 cm³/mol. The molecule has 0 saturated carbocycles. The molecule has 3 aromatic carbocycles. The van der Waals surface area contributed by atoms with Gasteiger partial charge in [-0.1, -0.05) is 74.8 Å². The smallest absolute Gasteiger partial charge is 0.416 e. The summed E-state index contributed by atoms with van der Waals surface area (Å²) in [5, 5.41) is 12.8. The van der Waals surface area contributed by atoms with E-state index in [9.17, 15) is 23.2 Å². The van der Waals surface area contributed by atoms with Crippen molar-refractivity contribution >= 4 is 23.1 Å². The molecule has 36 heavy (non-hydrogen) atoms. The molecule has 0 radical (unpaired) electrons. The molecule has 0 unspecified atom stereocenters. The zero-order valence-corrected chi connectivity index (χ0v) is 20.7. The van der Waals surface area contributed by atoms with Crippen molar-refractivity contribution in [3.63, 3.8) is 0 Å². The summed E-state index contributed by atoms with van der Waals surface area (Å²) < 4.78 is 45.4. The minimum Gasteiger partial charge on any atom is -0.487 e. The molecule has 1 N–H and O–H groups in total. The predicted octanol–water partition coefficient (Wildman–Crippen LogP) is 7.65. The molecule has 8 heteroatoms. The first kappa shape index (κ1) is 26.8. The third-order valence-electron chi connectivity index (χ3n) is 5.26. The third-order valence-corrected chi connectivity index (χ3v) is 5.56. The molecule has 0 aliphatic heterocycles. The van der Waals surface area contributed by atoms with Crippen LogP contribution in [-0.4, -0.2) is 5.91 Å². The zero-order chi connectivity index (χ0) is 26.5. The Kier molecular flexibility index (Phi) is 8.11. The molecule has 0 bridgehead atoms. The van der Waals surface area contributed by atoms with Crippen LogP contribution in [0.2, 0.25) is 5.02 Å². The average Bonchev–Trinajstić information content (AvgIpc) is 2.82. The van der Waals surface area contributed by atoms with E-state index in [0.29, 0.717) is 12.4 Å². The fourth-order valence-electron chi connectivity index (χ4n) is 3.42. The molecule has 3 rings (SSSR count). The Bertz CT molecular complexity index is 1320. The van der Waals surface area contributed by atoms with Gasteiger partial charge in [-0.3, -0.25) is 4.79 Å². The van der Waals surface area contributed by atoms with Gasteiger partial charge in [0.25, 0.3) is 5.91 Å². The molecule has 0 heterocycles. The first-order chi connectivity index (χ1) is 16.9. The summed E-state index contributed by atoms with van der Waals surface area (Å²) in [4.78, 5) is 13.1. The second-order valence-corrected chi connectivity index (χ2v) is 9.47. The average molecular weight is 513 g/mol. The maximum absolute atomic E-state index is 13.2. The van der Waals surface area contributed by atoms with E-state index >= 15 is 0 Å². The topological polar surface area (TPSA) is 62.1 Å². The Morgan fingerprint density at radius 2 is 1.67 bits per heavy atom. The van der Waals surface area contributed by atoms with Crippen molar-refractivity contribution in [2.45, 2.75) is 33.6 Å². The molecule has 0 atom stereocenters. The van der Waals surface area contributed by atoms with Gasteiger partial charge in [-0.15, -0.1) is 0 Å². The van der Waals surface area contributed by atoms with E-state index in [4.69, 9.17) is 16.3 Å². The third kappa shape index (κ3) is 6.67. The van der Waals surface area contributed by atoms with Crippen molar-refractivity contribution in [3.05, 3.63) is 106 Å². The lowest BCUT2D eigenvalue weighted by Crippen LogP contribution is -2.31. The Labute approximate surface area is 213 Å². The van der Waals surface area contributed by atoms with Crippen molar-refractivity contribution in [2.75, 3.05) is 0 Å². The SMILES string of the molecule is CC(C)(C)/C(NC(=O)c1ccc(OCc2ccccc2)c(Cl)c1)=C(\C#N)c1cccc(C(F)(F)F)c1. The number of hydrogen-bond donors (Lipinski definition) is 1. The number of carbonyl (C=O) groups excluding carboxylic acids is 1. The monoisotopic (exact) mass is 512 g/mol. The van der Waals surface area contributed by atoms with Gasteiger partial charge in [0.05, 0.1) is 16.2 Å². The van der Waals surface area contributed by atoms with Crippen LogP contribution in [-0.2, 0) is 12.8 Å². The molecule has 1 amide bonds. The highest BCUT2D eigenvalue weighted by Crippen LogP contribution is 2.35. The van der Waals surface area contributed by atoms with Crippen molar-refractivity contribution < 1.29 is 22.7 Å². The van der Waals surface area contributed by atoms with Crippen LogP contribution in [0.1, 0.15) is 47.8 Å². The maximum atomic E-state index is 13.2. The van der Waals surface area contributed by atoms with Crippen LogP contribution in [0.25, 0.3) is 5.57 Å². The first-order valence-corrected chi connectivity index (χ1v) is 11.4. The van der Waals surface area contributed by atoms with Gasteiger partial charge < -0.3 is 10.1 Å². The number of alkyl halides is 3. The van der Waals surface area contributed by atoms with Gasteiger partial charge in [-0.25, -0.2) is 0 Å². The highest BCUT2D eigenvalue weighted by atomic mass is 35.5. The number of nitriles is 1. The number of allylic oxidation sites excluding steroid dienone is 2. The molecule has 0 spiro atoms. The van der Waals surface area contributed by atoms with Gasteiger partial charge in [0.2, 0.25) is 0 Å². The molecule has 0 aliphatic carbocycles. The maximum Gasteiger partial charge on any atom is 0.416 e. The largest absolute Gasteiger partial charge is 0.487 e. The Morgan fingerprint density at radius 3 is 2.25 bits per heavy atom. The van der Waals surface area contributed by atoms with Gasteiger partial charge in [-0.2, -0.15) is 18.4 Å². The number of benzene rings is 3. The van der Waals surface area contributed by atoms with Gasteiger partial charge in [0.15, 0.2) is 0 Å². The van der Waals surface area contributed by atoms with Gasteiger partial charge in [0.1, 0.15) is 18.4 Å². The summed E-state index contributed by atoms with van der Waals surface area (Å²) in [6.07, 6.45) is -4.57. The van der Waals surface area contributed by atoms with Crippen LogP contribution in [0.4, 0.5) is 13.2 Å². The lowest BCUT2D eigenvalue weighted by molar-refractivity contribution is -0.137. The molecule has 0 saturated heterocycles. The van der Waals surface area contributed by atoms with Crippen molar-refractivity contribution in [1.82, 2.24) is 5.32 Å². The van der Waals surface area contributed by atoms with Crippen LogP contribution >= 0.6 is 11.6 Å². The summed E-state index contributed by atoms with van der Waals surface area (Å²) >= 11 is 6.34. The quantitative estimate of drug-likeness (QED) is 0.345. The molecule has 4 nitrogen and oxygen atoms in total. The Morgan fingerprint density at radius 1 is 0.972 bits per heavy atom. The summed E-state index contributed by atoms with van der Waals surface area (Å²) in [5.41, 5.74) is -0.308. The fraction of sp³-hybridized carbons (Fsp3) is 0.214. The normalized spacial score (nSPS) is 12.4. The number of hydrogen-bond acceptors (Lipinski definition) is 3. The molecule has 186 valence electrons. The van der Waals surface area contributed by atoms with E-state index in [0.717, 1.165) is 17.7 Å². The lowest BCUT2D eigenvalue weighted by Gasteiger charge is -2.26. The molecule has 0 aromatic heterocycles. The molecule has 0 fully saturated rings. The number of halogens is 4. The minimum atomic E-state index is -4.57. The van der Waals surface area contributed by atoms with Crippen LogP contribution < -0.4 is 10.1 Å². The summed E-state index contributed by atoms with van der Waals surface area (Å²) in [6.45, 7) is 5.55. The second kappa shape index (κ2) is 10.9. The highest BCUT2D eigenvalue weighted by molar-refractivity contribution is 6.32. The number of ether oxygens (including phenoxy) is 1. The number of nitrogens with zero attached hydrogens (tertiary/aromatic N) is 1. The van der Waals surface area contributed by atoms with Crippen LogP contribution in [0.5, 0.6) is 5.75 Å². The Balaban J connectivity index is 1.89. The van der Waals surface area contributed by atoms with Crippen LogP contribution in [0.3, 0.4) is 0 Å². The highest BCUT2D eigenvalue weighted by Gasteiger charge is 2.31.